The third-order valence-electron chi connectivity index (χ3n) is 4.00. The summed E-state index contributed by atoms with van der Waals surface area (Å²) in [7, 11) is 1.70. The number of aromatic nitrogens is 2. The Kier molecular flexibility index (Phi) is 2.24. The highest BCUT2D eigenvalue weighted by Crippen LogP contribution is 2.40. The van der Waals surface area contributed by atoms with Crippen LogP contribution in [-0.4, -0.2) is 17.1 Å². The number of pyridine rings is 2. The van der Waals surface area contributed by atoms with E-state index in [9.17, 15) is 0 Å². The zero-order valence-corrected chi connectivity index (χ0v) is 11.4. The van der Waals surface area contributed by atoms with Crippen LogP contribution in [0.5, 0.6) is 5.75 Å². The van der Waals surface area contributed by atoms with Crippen molar-refractivity contribution in [2.75, 3.05) is 7.11 Å². The smallest absolute Gasteiger partial charge is 0.123 e. The Labute approximate surface area is 116 Å². The van der Waals surface area contributed by atoms with Crippen LogP contribution in [0.15, 0.2) is 42.9 Å². The first kappa shape index (κ1) is 11.3. The van der Waals surface area contributed by atoms with E-state index in [1.807, 2.05) is 18.5 Å². The largest absolute Gasteiger partial charge is 0.496 e. The lowest BCUT2D eigenvalue weighted by Crippen LogP contribution is -1.92. The molecule has 1 aromatic heterocycles. The number of nitrogens with one attached hydrogen (secondary N) is 1. The minimum atomic E-state index is 0.905. The van der Waals surface area contributed by atoms with Crippen molar-refractivity contribution in [2.45, 2.75) is 6.92 Å². The zero-order valence-electron chi connectivity index (χ0n) is 11.4. The van der Waals surface area contributed by atoms with Crippen LogP contribution in [0, 0.1) is 6.92 Å². The molecule has 1 N–H and O–H groups in total. The molecule has 0 unspecified atom stereocenters. The zero-order chi connectivity index (χ0) is 13.7. The van der Waals surface area contributed by atoms with Crippen molar-refractivity contribution in [1.29, 1.82) is 0 Å². The number of benzene rings is 1. The van der Waals surface area contributed by atoms with E-state index in [2.05, 4.69) is 41.3 Å². The van der Waals surface area contributed by atoms with Crippen molar-refractivity contribution in [3.63, 3.8) is 0 Å². The van der Waals surface area contributed by atoms with Crippen LogP contribution in [0.2, 0.25) is 0 Å². The summed E-state index contributed by atoms with van der Waals surface area (Å²) in [5, 5.41) is 3.64. The van der Waals surface area contributed by atoms with Crippen LogP contribution < -0.4 is 4.74 Å². The Morgan fingerprint density at radius 3 is 2.90 bits per heavy atom. The average Bonchev–Trinajstić information content (AvgIpc) is 2.86. The van der Waals surface area contributed by atoms with Gasteiger partial charge < -0.3 is 9.72 Å². The molecule has 3 nitrogen and oxygen atoms in total. The lowest BCUT2D eigenvalue weighted by molar-refractivity contribution is 0.412. The number of H-pyrrole nitrogens is 1. The Morgan fingerprint density at radius 1 is 1.15 bits per heavy atom. The standard InChI is InChI=1S/C17H14N2O/c1-10-15(20-2)4-3-13-16-12(8-19-17(10)13)7-11-5-6-18-9-14(11)16/h3-9,19H,1-2H3. The second kappa shape index (κ2) is 3.97. The Balaban J connectivity index is 2.23. The number of hydrogen-bond donors (Lipinski definition) is 1. The van der Waals surface area contributed by atoms with E-state index in [1.54, 1.807) is 7.11 Å². The highest BCUT2D eigenvalue weighted by molar-refractivity contribution is 6.12. The van der Waals surface area contributed by atoms with Gasteiger partial charge in [0.2, 0.25) is 0 Å². The van der Waals surface area contributed by atoms with Gasteiger partial charge in [0.05, 0.1) is 12.6 Å². The molecule has 1 aliphatic carbocycles. The van der Waals surface area contributed by atoms with Crippen molar-refractivity contribution in [3.05, 3.63) is 48.4 Å². The molecular weight excluding hydrogens is 248 g/mol. The summed E-state index contributed by atoms with van der Waals surface area (Å²) in [4.78, 5) is 7.66. The molecular formula is C17H14N2O. The maximum atomic E-state index is 5.40. The maximum absolute atomic E-state index is 5.40. The van der Waals surface area contributed by atoms with Gasteiger partial charge in [-0.15, -0.1) is 0 Å². The van der Waals surface area contributed by atoms with E-state index in [-0.39, 0.29) is 0 Å². The van der Waals surface area contributed by atoms with Gasteiger partial charge in [0.25, 0.3) is 0 Å². The van der Waals surface area contributed by atoms with Crippen molar-refractivity contribution in [2.24, 2.45) is 0 Å². The fourth-order valence-corrected chi connectivity index (χ4v) is 3.01. The molecule has 0 bridgehead atoms. The van der Waals surface area contributed by atoms with Gasteiger partial charge in [0.15, 0.2) is 0 Å². The Hall–Kier alpha value is -2.55. The quantitative estimate of drug-likeness (QED) is 0.560. The summed E-state index contributed by atoms with van der Waals surface area (Å²) < 4.78 is 5.40. The minimum absolute atomic E-state index is 0.905. The third kappa shape index (κ3) is 1.37. The van der Waals surface area contributed by atoms with E-state index in [4.69, 9.17) is 4.74 Å². The van der Waals surface area contributed by atoms with Gasteiger partial charge in [-0.05, 0) is 42.1 Å². The molecule has 2 aliphatic rings. The first-order valence-corrected chi connectivity index (χ1v) is 6.60. The van der Waals surface area contributed by atoms with Crippen LogP contribution in [0.1, 0.15) is 5.56 Å². The van der Waals surface area contributed by atoms with Gasteiger partial charge >= 0.3 is 0 Å². The molecule has 0 saturated carbocycles. The van der Waals surface area contributed by atoms with Gasteiger partial charge in [0.1, 0.15) is 5.75 Å². The summed E-state index contributed by atoms with van der Waals surface area (Å²) in [6.45, 7) is 2.08. The minimum Gasteiger partial charge on any atom is -0.496 e. The maximum Gasteiger partial charge on any atom is 0.123 e. The summed E-state index contributed by atoms with van der Waals surface area (Å²) >= 11 is 0. The topological polar surface area (TPSA) is 37.9 Å². The van der Waals surface area contributed by atoms with E-state index in [1.165, 1.54) is 27.3 Å². The summed E-state index contributed by atoms with van der Waals surface area (Å²) in [6.07, 6.45) is 5.84. The van der Waals surface area contributed by atoms with Gasteiger partial charge in [-0.3, -0.25) is 4.98 Å². The van der Waals surface area contributed by atoms with Gasteiger partial charge in [0, 0.05) is 40.5 Å². The molecule has 20 heavy (non-hydrogen) atoms. The SMILES string of the molecule is COc1ccc2c3c4cnccc4cc-3c[nH]c2c1C. The molecule has 2 aromatic rings. The fraction of sp³-hybridized carbons (Fsp3) is 0.118. The number of methoxy groups -OCH3 is 1. The highest BCUT2D eigenvalue weighted by atomic mass is 16.5. The highest BCUT2D eigenvalue weighted by Gasteiger charge is 2.15. The van der Waals surface area contributed by atoms with Crippen molar-refractivity contribution < 1.29 is 4.74 Å². The lowest BCUT2D eigenvalue weighted by Gasteiger charge is -2.11. The monoisotopic (exact) mass is 262 g/mol. The summed E-state index contributed by atoms with van der Waals surface area (Å²) in [5.74, 6) is 0.905. The van der Waals surface area contributed by atoms with E-state index >= 15 is 0 Å². The van der Waals surface area contributed by atoms with Crippen molar-refractivity contribution in [1.82, 2.24) is 9.97 Å². The molecule has 98 valence electrons. The molecule has 3 heteroatoms. The molecule has 0 radical (unpaired) electrons. The number of aryl methyl sites for hydroxylation is 1. The summed E-state index contributed by atoms with van der Waals surface area (Å²) in [6, 6.07) is 8.39. The number of fused-ring (bicyclic) bond motifs is 5. The molecule has 0 spiro atoms. The van der Waals surface area contributed by atoms with E-state index in [0.29, 0.717) is 0 Å². The number of nitrogens with zero attached hydrogens (tertiary/aromatic N) is 1. The number of aromatic amines is 1. The molecule has 1 aliphatic heterocycles. The first-order valence-electron chi connectivity index (χ1n) is 6.60. The van der Waals surface area contributed by atoms with Crippen LogP contribution in [0.4, 0.5) is 0 Å². The van der Waals surface area contributed by atoms with Crippen LogP contribution in [0.3, 0.4) is 0 Å². The number of ether oxygens (including phenoxy) is 1. The molecule has 0 saturated heterocycles. The fourth-order valence-electron chi connectivity index (χ4n) is 3.01. The normalized spacial score (nSPS) is 11.5. The Bertz CT molecular complexity index is 908. The van der Waals surface area contributed by atoms with Crippen molar-refractivity contribution >= 4 is 21.7 Å². The molecule has 1 aromatic carbocycles. The first-order chi connectivity index (χ1) is 9.79. The lowest BCUT2D eigenvalue weighted by atomic mass is 10.0. The third-order valence-corrected chi connectivity index (χ3v) is 4.00. The van der Waals surface area contributed by atoms with Gasteiger partial charge in [-0.2, -0.15) is 0 Å². The molecule has 2 heterocycles. The van der Waals surface area contributed by atoms with Crippen LogP contribution in [-0.2, 0) is 0 Å². The Morgan fingerprint density at radius 2 is 2.05 bits per heavy atom. The van der Waals surface area contributed by atoms with E-state index in [0.717, 1.165) is 16.8 Å². The molecule has 0 atom stereocenters. The van der Waals surface area contributed by atoms with Gasteiger partial charge in [-0.1, -0.05) is 0 Å². The second-order valence-electron chi connectivity index (χ2n) is 5.04. The summed E-state index contributed by atoms with van der Waals surface area (Å²) in [5.41, 5.74) is 4.72. The average molecular weight is 262 g/mol. The predicted molar refractivity (Wildman–Crippen MR) is 81.5 cm³/mol. The van der Waals surface area contributed by atoms with E-state index < -0.39 is 0 Å². The number of rotatable bonds is 1. The molecule has 0 fully saturated rings. The molecule has 0 amide bonds. The van der Waals surface area contributed by atoms with Crippen LogP contribution >= 0.6 is 0 Å². The molecule has 4 rings (SSSR count). The van der Waals surface area contributed by atoms with Crippen molar-refractivity contribution in [3.8, 4) is 16.9 Å². The van der Waals surface area contributed by atoms with Crippen LogP contribution in [0.25, 0.3) is 32.8 Å². The predicted octanol–water partition coefficient (Wildman–Crippen LogP) is 4.14. The van der Waals surface area contributed by atoms with Gasteiger partial charge in [-0.25, -0.2) is 0 Å². The second-order valence-corrected chi connectivity index (χ2v) is 5.04. The number of hydrogen-bond acceptors (Lipinski definition) is 2.